The number of fused-ring (bicyclic) bond motifs is 1. The number of aliphatic imine (C=N–C) groups is 1. The van der Waals surface area contributed by atoms with Gasteiger partial charge in [0, 0.05) is 32.7 Å². The van der Waals surface area contributed by atoms with E-state index in [0.717, 1.165) is 11.3 Å². The monoisotopic (exact) mass is 348 g/mol. The molecule has 101 valence electrons. The van der Waals surface area contributed by atoms with E-state index in [1.165, 1.54) is 16.3 Å². The van der Waals surface area contributed by atoms with Crippen molar-refractivity contribution >= 4 is 23.2 Å². The number of pyridine rings is 1. The van der Waals surface area contributed by atoms with Crippen LogP contribution in [0.25, 0.3) is 22.0 Å². The van der Waals surface area contributed by atoms with Crippen molar-refractivity contribution in [3.8, 4) is 11.3 Å². The molecule has 1 heterocycles. The molecular weight excluding hydrogens is 333 g/mol. The zero-order valence-corrected chi connectivity index (χ0v) is 15.0. The van der Waals surface area contributed by atoms with Crippen molar-refractivity contribution in [3.63, 3.8) is 0 Å². The number of aryl methyl sites for hydroxylation is 2. The van der Waals surface area contributed by atoms with Crippen LogP contribution in [-0.4, -0.2) is 6.72 Å². The summed E-state index contributed by atoms with van der Waals surface area (Å²) < 4.78 is 2.03. The van der Waals surface area contributed by atoms with Crippen LogP contribution in [0.3, 0.4) is 0 Å². The molecule has 1 aromatic heterocycles. The zero-order chi connectivity index (χ0) is 14.1. The molecule has 0 aliphatic carbocycles. The molecule has 0 bridgehead atoms. The first-order valence-corrected chi connectivity index (χ1v) is 6.52. The average Bonchev–Trinajstić information content (AvgIpc) is 2.49. The second-order valence-corrected chi connectivity index (χ2v) is 4.87. The van der Waals surface area contributed by atoms with E-state index in [0.29, 0.717) is 5.69 Å². The molecule has 0 amide bonds. The van der Waals surface area contributed by atoms with Crippen molar-refractivity contribution in [2.24, 2.45) is 12.0 Å². The Balaban J connectivity index is 0.00000161. The topological polar surface area (TPSA) is 16.2 Å². The van der Waals surface area contributed by atoms with E-state index < -0.39 is 0 Å². The fourth-order valence-electron chi connectivity index (χ4n) is 2.52. The molecule has 0 aliphatic heterocycles. The van der Waals surface area contributed by atoms with Gasteiger partial charge in [-0.2, -0.15) is 24.5 Å². The molecule has 0 fully saturated rings. The number of hydrogen-bond acceptors (Lipinski definition) is 1. The average molecular weight is 348 g/mol. The number of hydrogen-bond donors (Lipinski definition) is 0. The van der Waals surface area contributed by atoms with Gasteiger partial charge in [-0.15, -0.1) is 6.07 Å². The fourth-order valence-corrected chi connectivity index (χ4v) is 2.52. The summed E-state index contributed by atoms with van der Waals surface area (Å²) in [5.41, 5.74) is 4.03. The normalized spacial score (nSPS) is 10.2. The third kappa shape index (κ3) is 2.97. The molecule has 3 heteroatoms. The van der Waals surface area contributed by atoms with Crippen LogP contribution < -0.4 is 4.57 Å². The van der Waals surface area contributed by atoms with Gasteiger partial charge in [-0.1, -0.05) is 41.5 Å². The van der Waals surface area contributed by atoms with Gasteiger partial charge >= 0.3 is 0 Å². The maximum atomic E-state index is 5.36. The van der Waals surface area contributed by atoms with Crippen molar-refractivity contribution in [2.75, 3.05) is 0 Å². The van der Waals surface area contributed by atoms with Crippen LogP contribution in [0.1, 0.15) is 5.56 Å². The Morgan fingerprint density at radius 1 is 1.10 bits per heavy atom. The van der Waals surface area contributed by atoms with Gasteiger partial charge < -0.3 is 4.99 Å². The SMILES string of the molecule is [CH-]=Nc1[c-]c(-c2ccc3ccccc3c2C)[n+](C)cc1.[Y]. The van der Waals surface area contributed by atoms with Crippen molar-refractivity contribution in [2.45, 2.75) is 6.92 Å². The number of aromatic nitrogens is 1. The predicted octanol–water partition coefficient (Wildman–Crippen LogP) is 3.65. The Hall–Kier alpha value is -1.38. The second kappa shape index (κ2) is 6.59. The summed E-state index contributed by atoms with van der Waals surface area (Å²) in [4.78, 5) is 3.72. The Morgan fingerprint density at radius 3 is 2.62 bits per heavy atom. The summed E-state index contributed by atoms with van der Waals surface area (Å²) in [6.07, 6.45) is 1.95. The maximum Gasteiger partial charge on any atom is 0.135 e. The van der Waals surface area contributed by atoms with Crippen molar-refractivity contribution < 1.29 is 37.3 Å². The molecule has 0 unspecified atom stereocenters. The molecule has 2 nitrogen and oxygen atoms in total. The third-order valence-electron chi connectivity index (χ3n) is 3.65. The van der Waals surface area contributed by atoms with Gasteiger partial charge in [0.1, 0.15) is 7.05 Å². The van der Waals surface area contributed by atoms with Gasteiger partial charge in [-0.25, -0.2) is 4.57 Å². The molecule has 0 saturated carbocycles. The first-order valence-electron chi connectivity index (χ1n) is 6.52. The fraction of sp³-hybridized carbons (Fsp3) is 0.111. The Kier molecular flexibility index (Phi) is 5.02. The molecule has 3 rings (SSSR count). The summed E-state index contributed by atoms with van der Waals surface area (Å²) in [6, 6.07) is 17.8. The first kappa shape index (κ1) is 16.0. The van der Waals surface area contributed by atoms with E-state index in [1.807, 2.05) is 23.9 Å². The zero-order valence-electron chi connectivity index (χ0n) is 12.2. The van der Waals surface area contributed by atoms with Gasteiger partial charge in [-0.05, 0) is 17.7 Å². The van der Waals surface area contributed by atoms with E-state index >= 15 is 0 Å². The van der Waals surface area contributed by atoms with Gasteiger partial charge in [0.05, 0.1) is 11.9 Å². The van der Waals surface area contributed by atoms with Crippen LogP contribution >= 0.6 is 0 Å². The summed E-state index contributed by atoms with van der Waals surface area (Å²) in [5, 5.41) is 2.50. The summed E-state index contributed by atoms with van der Waals surface area (Å²) >= 11 is 0. The van der Waals surface area contributed by atoms with Gasteiger partial charge in [0.2, 0.25) is 0 Å². The smallest absolute Gasteiger partial charge is 0.135 e. The van der Waals surface area contributed by atoms with Crippen LogP contribution in [0.5, 0.6) is 0 Å². The molecule has 0 aliphatic rings. The van der Waals surface area contributed by atoms with Crippen LogP contribution in [0.4, 0.5) is 5.69 Å². The third-order valence-corrected chi connectivity index (χ3v) is 3.65. The Morgan fingerprint density at radius 2 is 1.86 bits per heavy atom. The largest absolute Gasteiger partial charge is 0.485 e. The molecule has 2 aromatic carbocycles. The molecule has 1 radical (unpaired) electrons. The van der Waals surface area contributed by atoms with Crippen molar-refractivity contribution in [3.05, 3.63) is 60.3 Å². The van der Waals surface area contributed by atoms with Gasteiger partial charge in [0.15, 0.2) is 0 Å². The van der Waals surface area contributed by atoms with Gasteiger partial charge in [0.25, 0.3) is 0 Å². The Bertz CT molecular complexity index is 809. The molecule has 0 atom stereocenters. The summed E-state index contributed by atoms with van der Waals surface area (Å²) in [7, 11) is 2.00. The van der Waals surface area contributed by atoms with Crippen LogP contribution in [-0.2, 0) is 39.8 Å². The van der Waals surface area contributed by atoms with Crippen molar-refractivity contribution in [1.82, 2.24) is 0 Å². The minimum atomic E-state index is 0. The first-order chi connectivity index (χ1) is 9.70. The van der Waals surface area contributed by atoms with Crippen LogP contribution in [0.15, 0.2) is 53.7 Å². The number of rotatable bonds is 2. The molecule has 0 saturated heterocycles. The number of benzene rings is 2. The van der Waals surface area contributed by atoms with E-state index in [9.17, 15) is 0 Å². The molecular formula is C18H15N2Y-. The molecule has 0 spiro atoms. The minimum absolute atomic E-state index is 0. The molecule has 3 aromatic rings. The van der Waals surface area contributed by atoms with E-state index in [4.69, 9.17) is 6.72 Å². The minimum Gasteiger partial charge on any atom is -0.485 e. The quantitative estimate of drug-likeness (QED) is 0.382. The Labute approximate surface area is 150 Å². The van der Waals surface area contributed by atoms with E-state index in [1.54, 1.807) is 0 Å². The molecule has 0 N–H and O–H groups in total. The van der Waals surface area contributed by atoms with Crippen LogP contribution in [0.2, 0.25) is 0 Å². The maximum absolute atomic E-state index is 5.36. The van der Waals surface area contributed by atoms with E-state index in [2.05, 4.69) is 54.4 Å². The van der Waals surface area contributed by atoms with Gasteiger partial charge in [-0.3, -0.25) is 0 Å². The van der Waals surface area contributed by atoms with Crippen LogP contribution in [0, 0.1) is 13.0 Å². The number of nitrogens with zero attached hydrogens (tertiary/aromatic N) is 2. The second-order valence-electron chi connectivity index (χ2n) is 4.87. The summed E-state index contributed by atoms with van der Waals surface area (Å²) in [6.45, 7) is 7.50. The van der Waals surface area contributed by atoms with E-state index in [-0.39, 0.29) is 32.7 Å². The summed E-state index contributed by atoms with van der Waals surface area (Å²) in [5.74, 6) is 0. The standard InChI is InChI=1S/C18H15N2.Y/c1-13-16-7-5-4-6-14(16)8-9-17(13)18-12-15(19-2)10-11-20(18)3;/h2,4-11H,1,3H3;/q-1;. The predicted molar refractivity (Wildman–Crippen MR) is 82.3 cm³/mol. The molecule has 21 heavy (non-hydrogen) atoms. The van der Waals surface area contributed by atoms with Crippen molar-refractivity contribution in [1.29, 1.82) is 0 Å².